The number of nitrogens with zero attached hydrogens (tertiary/aromatic N) is 2. The maximum Gasteiger partial charge on any atom is 0.414 e. The Bertz CT molecular complexity index is 851. The molecule has 0 aromatic heterocycles. The van der Waals surface area contributed by atoms with Crippen LogP contribution in [0.5, 0.6) is 0 Å². The van der Waals surface area contributed by atoms with Gasteiger partial charge in [0.2, 0.25) is 0 Å². The minimum atomic E-state index is -4.46. The summed E-state index contributed by atoms with van der Waals surface area (Å²) in [6, 6.07) is 3.99. The van der Waals surface area contributed by atoms with Gasteiger partial charge in [0.05, 0.1) is 17.8 Å². The standard InChI is InChI=1S/C24H34F3N3O3/c1-15(2)13-30(18-7-5-4-6-8-18)20-10-9-17(16(3)11-22(31)32)12-19(20)28-23-29-21(14-33-23)24(25,26)27/h9-10,12,15-16,18,21H,4-8,11,13-14H2,1-3H3,(H,28,29)(H,31,32). The second-order valence-corrected chi connectivity index (χ2v) is 9.54. The third-order valence-corrected chi connectivity index (χ3v) is 6.23. The molecule has 2 N–H and O–H groups in total. The molecule has 0 bridgehead atoms. The number of hydrogen-bond acceptors (Lipinski definition) is 5. The van der Waals surface area contributed by atoms with Crippen LogP contribution < -0.4 is 10.2 Å². The van der Waals surface area contributed by atoms with Crippen LogP contribution in [-0.2, 0) is 9.53 Å². The molecule has 3 rings (SSSR count). The average molecular weight is 470 g/mol. The van der Waals surface area contributed by atoms with Crippen LogP contribution in [0.25, 0.3) is 0 Å². The lowest BCUT2D eigenvalue weighted by Gasteiger charge is -2.38. The van der Waals surface area contributed by atoms with Crippen molar-refractivity contribution < 1.29 is 27.8 Å². The van der Waals surface area contributed by atoms with Gasteiger partial charge in [0, 0.05) is 12.6 Å². The Balaban J connectivity index is 1.97. The average Bonchev–Trinajstić information content (AvgIpc) is 3.21. The van der Waals surface area contributed by atoms with Crippen LogP contribution in [0.1, 0.15) is 70.8 Å². The first-order valence-electron chi connectivity index (χ1n) is 11.7. The van der Waals surface area contributed by atoms with Crippen LogP contribution in [0.3, 0.4) is 0 Å². The molecule has 9 heteroatoms. The summed E-state index contributed by atoms with van der Waals surface area (Å²) in [6.07, 6.45) is 1.15. The number of ether oxygens (including phenoxy) is 1. The minimum Gasteiger partial charge on any atom is -0.481 e. The fourth-order valence-electron chi connectivity index (χ4n) is 4.55. The van der Waals surface area contributed by atoms with Crippen LogP contribution >= 0.6 is 0 Å². The molecule has 1 heterocycles. The number of alkyl halides is 3. The highest BCUT2D eigenvalue weighted by Gasteiger charge is 2.43. The Kier molecular flexibility index (Phi) is 8.13. The van der Waals surface area contributed by atoms with Gasteiger partial charge in [-0.2, -0.15) is 13.2 Å². The summed E-state index contributed by atoms with van der Waals surface area (Å²) >= 11 is 0. The van der Waals surface area contributed by atoms with Gasteiger partial charge in [0.25, 0.3) is 6.02 Å². The van der Waals surface area contributed by atoms with Crippen molar-refractivity contribution in [3.63, 3.8) is 0 Å². The molecule has 2 unspecified atom stereocenters. The molecule has 2 aliphatic rings. The zero-order valence-electron chi connectivity index (χ0n) is 19.5. The van der Waals surface area contributed by atoms with Gasteiger partial charge in [-0.1, -0.05) is 46.1 Å². The molecule has 6 nitrogen and oxygen atoms in total. The predicted octanol–water partition coefficient (Wildman–Crippen LogP) is 5.79. The van der Waals surface area contributed by atoms with Crippen LogP contribution in [0, 0.1) is 5.92 Å². The van der Waals surface area contributed by atoms with Crippen LogP contribution in [0.15, 0.2) is 23.2 Å². The number of benzene rings is 1. The Hall–Kier alpha value is -2.45. The van der Waals surface area contributed by atoms with Gasteiger partial charge in [-0.25, -0.2) is 4.99 Å². The number of amidine groups is 1. The summed E-state index contributed by atoms with van der Waals surface area (Å²) in [5.74, 6) is -0.763. The molecule has 1 aromatic carbocycles. The van der Waals surface area contributed by atoms with Crippen LogP contribution in [0.2, 0.25) is 0 Å². The highest BCUT2D eigenvalue weighted by atomic mass is 19.4. The highest BCUT2D eigenvalue weighted by molar-refractivity contribution is 5.94. The Morgan fingerprint density at radius 3 is 2.52 bits per heavy atom. The van der Waals surface area contributed by atoms with Crippen molar-refractivity contribution in [3.05, 3.63) is 23.8 Å². The largest absolute Gasteiger partial charge is 0.481 e. The molecule has 0 saturated heterocycles. The smallest absolute Gasteiger partial charge is 0.414 e. The fraction of sp³-hybridized carbons (Fsp3) is 0.667. The van der Waals surface area contributed by atoms with Gasteiger partial charge >= 0.3 is 12.1 Å². The molecule has 0 radical (unpaired) electrons. The molecular weight excluding hydrogens is 435 g/mol. The molecule has 0 spiro atoms. The number of aliphatic carboxylic acids is 1. The summed E-state index contributed by atoms with van der Waals surface area (Å²) in [5.41, 5.74) is 2.27. The maximum atomic E-state index is 13.1. The van der Waals surface area contributed by atoms with E-state index in [2.05, 4.69) is 29.1 Å². The van der Waals surface area contributed by atoms with Crippen molar-refractivity contribution in [2.24, 2.45) is 10.9 Å². The monoisotopic (exact) mass is 469 g/mol. The summed E-state index contributed by atoms with van der Waals surface area (Å²) in [4.78, 5) is 17.2. The van der Waals surface area contributed by atoms with E-state index in [0.717, 1.165) is 43.5 Å². The van der Waals surface area contributed by atoms with Crippen molar-refractivity contribution in [2.75, 3.05) is 23.4 Å². The topological polar surface area (TPSA) is 74.2 Å². The number of rotatable bonds is 8. The number of halogens is 3. The first kappa shape index (κ1) is 25.2. The number of nitrogens with one attached hydrogen (secondary N) is 1. The Morgan fingerprint density at radius 2 is 1.94 bits per heavy atom. The molecule has 2 atom stereocenters. The first-order chi connectivity index (χ1) is 15.5. The normalized spacial score (nSPS) is 20.3. The number of carboxylic acid groups (broad SMARTS) is 1. The maximum absolute atomic E-state index is 13.1. The fourth-order valence-corrected chi connectivity index (χ4v) is 4.55. The van der Waals surface area contributed by atoms with Gasteiger partial charge in [0.1, 0.15) is 6.61 Å². The molecule has 1 fully saturated rings. The third-order valence-electron chi connectivity index (χ3n) is 6.23. The van der Waals surface area contributed by atoms with E-state index in [-0.39, 0.29) is 18.4 Å². The lowest BCUT2D eigenvalue weighted by atomic mass is 9.92. The second-order valence-electron chi connectivity index (χ2n) is 9.54. The number of anilines is 2. The minimum absolute atomic E-state index is 0.0370. The SMILES string of the molecule is CC(C)CN(c1ccc(C(C)CC(=O)O)cc1NC1=NC(C(F)(F)F)CO1)C1CCCCC1. The van der Waals surface area contributed by atoms with Gasteiger partial charge in [0.15, 0.2) is 6.04 Å². The first-order valence-corrected chi connectivity index (χ1v) is 11.7. The van der Waals surface area contributed by atoms with Gasteiger partial charge in [-0.3, -0.25) is 4.79 Å². The highest BCUT2D eigenvalue weighted by Crippen LogP contribution is 2.36. The van der Waals surface area contributed by atoms with Crippen molar-refractivity contribution in [3.8, 4) is 0 Å². The van der Waals surface area contributed by atoms with E-state index in [1.807, 2.05) is 25.1 Å². The zero-order chi connectivity index (χ0) is 24.2. The molecule has 1 aliphatic heterocycles. The van der Waals surface area contributed by atoms with E-state index < -0.39 is 24.8 Å². The summed E-state index contributed by atoms with van der Waals surface area (Å²) in [5, 5.41) is 12.2. The summed E-state index contributed by atoms with van der Waals surface area (Å²) in [7, 11) is 0. The molecule has 184 valence electrons. The van der Waals surface area contributed by atoms with E-state index in [1.54, 1.807) is 0 Å². The molecule has 1 saturated carbocycles. The summed E-state index contributed by atoms with van der Waals surface area (Å²) in [6.45, 7) is 6.37. The van der Waals surface area contributed by atoms with E-state index in [9.17, 15) is 23.1 Å². The molecular formula is C24H34F3N3O3. The zero-order valence-corrected chi connectivity index (χ0v) is 19.5. The number of carbonyl (C=O) groups is 1. The number of aliphatic imine (C=N–C) groups is 1. The number of carboxylic acids is 1. The van der Waals surface area contributed by atoms with E-state index in [1.165, 1.54) is 6.42 Å². The summed E-state index contributed by atoms with van der Waals surface area (Å²) < 4.78 is 44.5. The lowest BCUT2D eigenvalue weighted by molar-refractivity contribution is -0.149. The molecule has 33 heavy (non-hydrogen) atoms. The van der Waals surface area contributed by atoms with Crippen LogP contribution in [0.4, 0.5) is 24.5 Å². The molecule has 1 aliphatic carbocycles. The van der Waals surface area contributed by atoms with Crippen molar-refractivity contribution in [1.82, 2.24) is 0 Å². The van der Waals surface area contributed by atoms with E-state index in [0.29, 0.717) is 17.6 Å². The van der Waals surface area contributed by atoms with E-state index >= 15 is 0 Å². The predicted molar refractivity (Wildman–Crippen MR) is 123 cm³/mol. The van der Waals surface area contributed by atoms with Crippen molar-refractivity contribution in [1.29, 1.82) is 0 Å². The van der Waals surface area contributed by atoms with Crippen LogP contribution in [-0.4, -0.2) is 48.5 Å². The molecule has 0 amide bonds. The van der Waals surface area contributed by atoms with Crippen molar-refractivity contribution >= 4 is 23.4 Å². The lowest BCUT2D eigenvalue weighted by Crippen LogP contribution is -2.40. The van der Waals surface area contributed by atoms with Crippen molar-refractivity contribution in [2.45, 2.75) is 83.5 Å². The van der Waals surface area contributed by atoms with Gasteiger partial charge in [-0.05, 0) is 42.4 Å². The van der Waals surface area contributed by atoms with Gasteiger partial charge < -0.3 is 20.1 Å². The second kappa shape index (κ2) is 10.7. The quantitative estimate of drug-likeness (QED) is 0.504. The number of hydrogen-bond donors (Lipinski definition) is 2. The Morgan fingerprint density at radius 1 is 1.24 bits per heavy atom. The van der Waals surface area contributed by atoms with E-state index in [4.69, 9.17) is 4.74 Å². The van der Waals surface area contributed by atoms with Gasteiger partial charge in [-0.15, -0.1) is 0 Å². The molecule has 1 aromatic rings. The Labute approximate surface area is 193 Å². The third kappa shape index (κ3) is 6.77.